The molecule has 0 spiro atoms. The monoisotopic (exact) mass is 559 g/mol. The third kappa shape index (κ3) is 6.74. The highest BCUT2D eigenvalue weighted by molar-refractivity contribution is 6.09. The summed E-state index contributed by atoms with van der Waals surface area (Å²) in [5.41, 5.74) is -0.504. The van der Waals surface area contributed by atoms with Crippen LogP contribution in [0.4, 0.5) is 13.2 Å². The van der Waals surface area contributed by atoms with Gasteiger partial charge >= 0.3 is 18.1 Å². The summed E-state index contributed by atoms with van der Waals surface area (Å²) in [5.74, 6) is -5.95. The summed E-state index contributed by atoms with van der Waals surface area (Å²) in [6.45, 7) is 4.25. The van der Waals surface area contributed by atoms with Crippen LogP contribution in [0, 0.1) is 11.8 Å². The molecule has 216 valence electrons. The Morgan fingerprint density at radius 1 is 1.10 bits per heavy atom. The van der Waals surface area contributed by atoms with Gasteiger partial charge < -0.3 is 19.5 Å². The molecule has 0 aliphatic carbocycles. The normalized spacial score (nSPS) is 24.1. The van der Waals surface area contributed by atoms with E-state index < -0.39 is 47.4 Å². The minimum absolute atomic E-state index is 0.0857. The van der Waals surface area contributed by atoms with Gasteiger partial charge in [-0.05, 0) is 18.9 Å². The van der Waals surface area contributed by atoms with E-state index >= 15 is 0 Å². The van der Waals surface area contributed by atoms with E-state index in [1.165, 1.54) is 19.1 Å². The number of imide groups is 1. The Balaban J connectivity index is 0.000000673. The summed E-state index contributed by atoms with van der Waals surface area (Å²) in [5, 5.41) is 10.4. The number of methoxy groups -OCH3 is 2. The average molecular weight is 560 g/mol. The molecule has 2 fully saturated rings. The number of alkyl halides is 3. The van der Waals surface area contributed by atoms with E-state index in [-0.39, 0.29) is 37.9 Å². The number of likely N-dealkylation sites (N-methyl/N-ethyl adjacent to an activating group) is 1. The number of amides is 3. The van der Waals surface area contributed by atoms with Crippen molar-refractivity contribution in [2.75, 3.05) is 33.9 Å². The van der Waals surface area contributed by atoms with Crippen molar-refractivity contribution < 1.29 is 51.7 Å². The number of benzene rings is 1. The van der Waals surface area contributed by atoms with Crippen molar-refractivity contribution >= 4 is 29.7 Å². The van der Waals surface area contributed by atoms with E-state index in [1.54, 1.807) is 11.8 Å². The van der Waals surface area contributed by atoms with Gasteiger partial charge in [-0.25, -0.2) is 4.79 Å². The Morgan fingerprint density at radius 2 is 1.69 bits per heavy atom. The van der Waals surface area contributed by atoms with Crippen LogP contribution in [-0.4, -0.2) is 96.2 Å². The van der Waals surface area contributed by atoms with Crippen LogP contribution in [0.3, 0.4) is 0 Å². The minimum Gasteiger partial charge on any atom is -0.475 e. The molecule has 3 amide bonds. The second-order valence-electron chi connectivity index (χ2n) is 8.99. The van der Waals surface area contributed by atoms with E-state index in [4.69, 9.17) is 19.4 Å². The molecule has 3 rings (SSSR count). The molecule has 4 atom stereocenters. The Morgan fingerprint density at radius 3 is 2.15 bits per heavy atom. The predicted octanol–water partition coefficient (Wildman–Crippen LogP) is 1.21. The van der Waals surface area contributed by atoms with Crippen molar-refractivity contribution in [3.8, 4) is 0 Å². The second kappa shape index (κ2) is 13.0. The Hall–Kier alpha value is -3.52. The smallest absolute Gasteiger partial charge is 0.475 e. The number of fused-ring (bicyclic) bond motifs is 1. The molecule has 0 radical (unpaired) electrons. The molecule has 0 aromatic heterocycles. The van der Waals surface area contributed by atoms with Gasteiger partial charge in [-0.2, -0.15) is 13.2 Å². The Kier molecular flexibility index (Phi) is 10.6. The zero-order valence-electron chi connectivity index (χ0n) is 22.0. The number of hydrogen-bond donors (Lipinski definition) is 2. The van der Waals surface area contributed by atoms with Crippen LogP contribution >= 0.6 is 0 Å². The average Bonchev–Trinajstić information content (AvgIpc) is 3.36. The molecule has 39 heavy (non-hydrogen) atoms. The fourth-order valence-corrected chi connectivity index (χ4v) is 4.96. The molecule has 2 aliphatic rings. The van der Waals surface area contributed by atoms with Gasteiger partial charge in [-0.15, -0.1) is 0 Å². The number of carbonyl (C=O) groups excluding carboxylic acids is 4. The summed E-state index contributed by atoms with van der Waals surface area (Å²) in [6, 6.07) is 8.67. The van der Waals surface area contributed by atoms with Gasteiger partial charge in [0.15, 0.2) is 0 Å². The van der Waals surface area contributed by atoms with Crippen molar-refractivity contribution in [2.45, 2.75) is 44.6 Å². The largest absolute Gasteiger partial charge is 0.490 e. The Bertz CT molecular complexity index is 1070. The zero-order chi connectivity index (χ0) is 29.5. The molecular weight excluding hydrogens is 527 g/mol. The van der Waals surface area contributed by atoms with Gasteiger partial charge in [0.25, 0.3) is 0 Å². The summed E-state index contributed by atoms with van der Waals surface area (Å²) in [4.78, 5) is 64.0. The molecule has 0 saturated carbocycles. The van der Waals surface area contributed by atoms with Gasteiger partial charge in [0.05, 0.1) is 25.5 Å². The number of carboxylic acids is 1. The highest BCUT2D eigenvalue weighted by Crippen LogP contribution is 2.45. The lowest BCUT2D eigenvalue weighted by atomic mass is 9.78. The van der Waals surface area contributed by atoms with Crippen molar-refractivity contribution in [2.24, 2.45) is 11.8 Å². The highest BCUT2D eigenvalue weighted by atomic mass is 19.4. The van der Waals surface area contributed by atoms with Crippen molar-refractivity contribution in [1.82, 2.24) is 15.1 Å². The lowest BCUT2D eigenvalue weighted by Crippen LogP contribution is -2.58. The number of nitrogens with zero attached hydrogens (tertiary/aromatic N) is 2. The molecule has 0 unspecified atom stereocenters. The predicted molar refractivity (Wildman–Crippen MR) is 129 cm³/mol. The van der Waals surface area contributed by atoms with E-state index in [1.807, 2.05) is 37.3 Å². The number of ether oxygens (including phenoxy) is 2. The fourth-order valence-electron chi connectivity index (χ4n) is 4.96. The highest BCUT2D eigenvalue weighted by Gasteiger charge is 2.67. The SMILES string of the molecule is CCN(C[C@H]1N[C@@](CC)(C(=O)OC)[C@H]2C(=O)N(Cc3ccccc3)C(=O)[C@@H]12)C(=O)COC.O=C(O)C(F)(F)F. The van der Waals surface area contributed by atoms with Crippen LogP contribution in [0.2, 0.25) is 0 Å². The first-order chi connectivity index (χ1) is 18.3. The number of hydrogen-bond acceptors (Lipinski definition) is 8. The Labute approximate surface area is 223 Å². The number of carbonyl (C=O) groups is 5. The molecular formula is C25H32F3N3O8. The number of likely N-dealkylation sites (tertiary alicyclic amines) is 1. The van der Waals surface area contributed by atoms with Crippen LogP contribution < -0.4 is 5.32 Å². The maximum absolute atomic E-state index is 13.5. The van der Waals surface area contributed by atoms with Crippen LogP contribution in [-0.2, 0) is 40.0 Å². The van der Waals surface area contributed by atoms with Gasteiger partial charge in [0.1, 0.15) is 12.1 Å². The van der Waals surface area contributed by atoms with E-state index in [2.05, 4.69) is 5.32 Å². The maximum atomic E-state index is 13.5. The first kappa shape index (κ1) is 31.7. The van der Waals surface area contributed by atoms with Crippen molar-refractivity contribution in [1.29, 1.82) is 0 Å². The molecule has 2 aliphatic heterocycles. The minimum atomic E-state index is -5.08. The lowest BCUT2D eigenvalue weighted by Gasteiger charge is -2.32. The first-order valence-corrected chi connectivity index (χ1v) is 12.1. The molecule has 2 saturated heterocycles. The van der Waals surface area contributed by atoms with Crippen molar-refractivity contribution in [3.63, 3.8) is 0 Å². The maximum Gasteiger partial charge on any atom is 0.490 e. The summed E-state index contributed by atoms with van der Waals surface area (Å²) >= 11 is 0. The molecule has 14 heteroatoms. The van der Waals surface area contributed by atoms with Gasteiger partial charge in [0.2, 0.25) is 17.7 Å². The number of carboxylic acid groups (broad SMARTS) is 1. The van der Waals surface area contributed by atoms with Crippen LogP contribution in [0.5, 0.6) is 0 Å². The van der Waals surface area contributed by atoms with Gasteiger partial charge in [0, 0.05) is 26.2 Å². The van der Waals surface area contributed by atoms with Gasteiger partial charge in [-0.1, -0.05) is 37.3 Å². The molecule has 0 bridgehead atoms. The van der Waals surface area contributed by atoms with E-state index in [9.17, 15) is 32.3 Å². The topological polar surface area (TPSA) is 143 Å². The zero-order valence-corrected chi connectivity index (χ0v) is 22.0. The number of esters is 1. The molecule has 1 aromatic rings. The third-order valence-electron chi connectivity index (χ3n) is 6.80. The molecule has 1 aromatic carbocycles. The summed E-state index contributed by atoms with van der Waals surface area (Å²) in [6.07, 6.45) is -4.81. The lowest BCUT2D eigenvalue weighted by molar-refractivity contribution is -0.192. The van der Waals surface area contributed by atoms with E-state index in [0.29, 0.717) is 6.54 Å². The summed E-state index contributed by atoms with van der Waals surface area (Å²) < 4.78 is 41.8. The van der Waals surface area contributed by atoms with Gasteiger partial charge in [-0.3, -0.25) is 29.4 Å². The number of halogens is 3. The van der Waals surface area contributed by atoms with Crippen molar-refractivity contribution in [3.05, 3.63) is 35.9 Å². The van der Waals surface area contributed by atoms with Crippen LogP contribution in [0.15, 0.2) is 30.3 Å². The standard InChI is InChI=1S/C23H31N3O6.C2HF3O2/c1-5-23(22(30)32-4)19-18(16(24-23)13-25(6-2)17(27)14-31-3)20(28)26(21(19)29)12-15-10-8-7-9-11-15;3-2(4,5)1(6)7/h7-11,16,18-19,24H,5-6,12-14H2,1-4H3;(H,6,7)/t16-,18+,19-,23-;/m1./s1. The number of aliphatic carboxylic acids is 1. The first-order valence-electron chi connectivity index (χ1n) is 12.1. The third-order valence-corrected chi connectivity index (χ3v) is 6.80. The quantitative estimate of drug-likeness (QED) is 0.337. The molecule has 2 heterocycles. The number of rotatable bonds is 9. The van der Waals surface area contributed by atoms with Crippen LogP contribution in [0.1, 0.15) is 25.8 Å². The van der Waals surface area contributed by atoms with Crippen LogP contribution in [0.25, 0.3) is 0 Å². The fraction of sp³-hybridized carbons (Fsp3) is 0.560. The van der Waals surface area contributed by atoms with E-state index in [0.717, 1.165) is 5.56 Å². The molecule has 11 nitrogen and oxygen atoms in total. The summed E-state index contributed by atoms with van der Waals surface area (Å²) in [7, 11) is 2.71. The second-order valence-corrected chi connectivity index (χ2v) is 8.99. The molecule has 2 N–H and O–H groups in total. The number of nitrogens with one attached hydrogen (secondary N) is 1.